The van der Waals surface area contributed by atoms with Crippen LogP contribution in [0.4, 0.5) is 27.6 Å². The highest BCUT2D eigenvalue weighted by atomic mass is 32.2. The second-order valence-corrected chi connectivity index (χ2v) is 8.09. The van der Waals surface area contributed by atoms with Crippen molar-refractivity contribution >= 4 is 23.1 Å². The van der Waals surface area contributed by atoms with Crippen molar-refractivity contribution in [1.29, 1.82) is 0 Å². The number of hydrogen-bond acceptors (Lipinski definition) is 5. The van der Waals surface area contributed by atoms with Gasteiger partial charge in [0.05, 0.1) is 6.20 Å². The van der Waals surface area contributed by atoms with Gasteiger partial charge in [0.25, 0.3) is 0 Å². The lowest BCUT2D eigenvalue weighted by Crippen LogP contribution is -2.14. The molecule has 6 N–H and O–H groups in total. The Balaban J connectivity index is 0.000000260. The van der Waals surface area contributed by atoms with Crippen LogP contribution >= 0.6 is 0 Å². The number of carbonyl (C=O) groups is 1. The summed E-state index contributed by atoms with van der Waals surface area (Å²) >= 11 is 0. The topological polar surface area (TPSA) is 143 Å². The molecule has 0 fully saturated rings. The standard InChI is InChI=1S/C15H12F4N2.C5H8FN3OS.CH3NO/c16-9-6-4-8(5-7-9)12-13(20)10-2-1-3-11(10)21-14(12)15(17,18)19;1-2-9-3-4(6)5(8-9)11(7)10;2-1-3/h4-7H,1-3H2,(H2,20,21);3H,2,7H2,1H3;1H,(H2,2,3). The lowest BCUT2D eigenvalue weighted by molar-refractivity contribution is -0.140. The second-order valence-electron chi connectivity index (χ2n) is 7.10. The Morgan fingerprint density at radius 1 is 1.17 bits per heavy atom. The number of aryl methyl sites for hydroxylation is 2. The van der Waals surface area contributed by atoms with Crippen LogP contribution in [0.5, 0.6) is 0 Å². The molecule has 4 rings (SSSR count). The first-order valence-electron chi connectivity index (χ1n) is 10.1. The summed E-state index contributed by atoms with van der Waals surface area (Å²) in [4.78, 5) is 12.4. The van der Waals surface area contributed by atoms with Gasteiger partial charge in [-0.25, -0.2) is 23.1 Å². The Morgan fingerprint density at radius 3 is 2.23 bits per heavy atom. The van der Waals surface area contributed by atoms with Gasteiger partial charge in [0.15, 0.2) is 16.5 Å². The van der Waals surface area contributed by atoms with Gasteiger partial charge >= 0.3 is 6.18 Å². The molecule has 2 heterocycles. The molecule has 0 saturated carbocycles. The molecule has 1 aromatic carbocycles. The van der Waals surface area contributed by atoms with Crippen LogP contribution in [0.2, 0.25) is 0 Å². The van der Waals surface area contributed by atoms with E-state index in [0.29, 0.717) is 30.6 Å². The molecule has 1 aliphatic rings. The summed E-state index contributed by atoms with van der Waals surface area (Å²) < 4.78 is 77.4. The quantitative estimate of drug-likeness (QED) is 0.361. The van der Waals surface area contributed by atoms with E-state index in [0.717, 1.165) is 18.6 Å². The number of nitrogens with zero attached hydrogens (tertiary/aromatic N) is 3. The molecule has 14 heteroatoms. The molecule has 190 valence electrons. The summed E-state index contributed by atoms with van der Waals surface area (Å²) in [6.07, 6.45) is -1.31. The molecule has 2 aromatic heterocycles. The zero-order chi connectivity index (χ0) is 26.3. The van der Waals surface area contributed by atoms with Gasteiger partial charge in [-0.05, 0) is 49.4 Å². The number of nitrogens with two attached hydrogens (primary N) is 3. The Kier molecular flexibility index (Phi) is 9.42. The van der Waals surface area contributed by atoms with Gasteiger partial charge in [-0.1, -0.05) is 12.1 Å². The van der Waals surface area contributed by atoms with Crippen LogP contribution in [-0.2, 0) is 41.3 Å². The molecular formula is C21H23F5N6O2S. The summed E-state index contributed by atoms with van der Waals surface area (Å²) in [7, 11) is -1.83. The SMILES string of the molecule is CCn1cc(F)c(S(N)=O)n1.NC=O.Nc1c2c(nc(C(F)(F)F)c1-c1ccc(F)cc1)CCC2. The van der Waals surface area contributed by atoms with Crippen molar-refractivity contribution < 1.29 is 31.0 Å². The third-order valence-electron chi connectivity index (χ3n) is 4.87. The Morgan fingerprint density at radius 2 is 1.77 bits per heavy atom. The monoisotopic (exact) mass is 518 g/mol. The number of nitrogen functional groups attached to an aromatic ring is 1. The number of fused-ring (bicyclic) bond motifs is 1. The Hall–Kier alpha value is -3.39. The molecule has 1 aliphatic carbocycles. The van der Waals surface area contributed by atoms with Crippen LogP contribution in [0.15, 0.2) is 35.5 Å². The molecular weight excluding hydrogens is 495 g/mol. The van der Waals surface area contributed by atoms with E-state index < -0.39 is 34.5 Å². The Bertz CT molecular complexity index is 1200. The number of carbonyl (C=O) groups excluding carboxylic acids is 1. The zero-order valence-electron chi connectivity index (χ0n) is 18.5. The Labute approximate surface area is 199 Å². The average molecular weight is 519 g/mol. The van der Waals surface area contributed by atoms with Crippen molar-refractivity contribution in [3.63, 3.8) is 0 Å². The fraction of sp³-hybridized carbons (Fsp3) is 0.286. The van der Waals surface area contributed by atoms with Gasteiger partial charge in [0.1, 0.15) is 16.8 Å². The molecule has 3 aromatic rings. The zero-order valence-corrected chi connectivity index (χ0v) is 19.3. The van der Waals surface area contributed by atoms with E-state index in [-0.39, 0.29) is 28.3 Å². The largest absolute Gasteiger partial charge is 0.434 e. The first kappa shape index (κ1) is 27.9. The third-order valence-corrected chi connectivity index (χ3v) is 5.53. The van der Waals surface area contributed by atoms with E-state index in [9.17, 15) is 26.2 Å². The van der Waals surface area contributed by atoms with Gasteiger partial charge in [-0.15, -0.1) is 0 Å². The van der Waals surface area contributed by atoms with Crippen molar-refractivity contribution in [2.75, 3.05) is 5.73 Å². The lowest BCUT2D eigenvalue weighted by Gasteiger charge is -2.17. The van der Waals surface area contributed by atoms with Gasteiger partial charge in [0, 0.05) is 23.5 Å². The third kappa shape index (κ3) is 6.82. The van der Waals surface area contributed by atoms with Crippen LogP contribution in [0.25, 0.3) is 11.1 Å². The highest BCUT2D eigenvalue weighted by molar-refractivity contribution is 7.82. The van der Waals surface area contributed by atoms with Crippen LogP contribution in [0.3, 0.4) is 0 Å². The number of primary amides is 1. The van der Waals surface area contributed by atoms with E-state index >= 15 is 0 Å². The van der Waals surface area contributed by atoms with E-state index in [1.807, 2.05) is 0 Å². The summed E-state index contributed by atoms with van der Waals surface area (Å²) in [5.74, 6) is -1.13. The molecule has 8 nitrogen and oxygen atoms in total. The van der Waals surface area contributed by atoms with E-state index in [1.54, 1.807) is 6.92 Å². The number of anilines is 1. The minimum atomic E-state index is -4.60. The normalized spacial score (nSPS) is 13.1. The average Bonchev–Trinajstić information content (AvgIpc) is 3.41. The molecule has 0 saturated heterocycles. The molecule has 0 radical (unpaired) electrons. The number of hydrogen-bond donors (Lipinski definition) is 3. The number of rotatable bonds is 3. The molecule has 0 spiro atoms. The van der Waals surface area contributed by atoms with Gasteiger partial charge in [-0.2, -0.15) is 18.3 Å². The molecule has 0 aliphatic heterocycles. The molecule has 1 atom stereocenters. The molecule has 1 unspecified atom stereocenters. The number of pyridine rings is 1. The van der Waals surface area contributed by atoms with E-state index in [1.165, 1.54) is 23.0 Å². The molecule has 0 bridgehead atoms. The van der Waals surface area contributed by atoms with E-state index in [2.05, 4.69) is 15.8 Å². The summed E-state index contributed by atoms with van der Waals surface area (Å²) in [5, 5.41) is 8.40. The number of alkyl halides is 3. The maximum atomic E-state index is 13.3. The van der Waals surface area contributed by atoms with Crippen molar-refractivity contribution in [1.82, 2.24) is 14.8 Å². The highest BCUT2D eigenvalue weighted by Gasteiger charge is 2.38. The van der Waals surface area contributed by atoms with Crippen molar-refractivity contribution in [3.05, 3.63) is 59.0 Å². The predicted octanol–water partition coefficient (Wildman–Crippen LogP) is 3.10. The smallest absolute Gasteiger partial charge is 0.398 e. The van der Waals surface area contributed by atoms with Crippen molar-refractivity contribution in [3.8, 4) is 11.1 Å². The first-order chi connectivity index (χ1) is 16.4. The maximum absolute atomic E-state index is 13.3. The van der Waals surface area contributed by atoms with Gasteiger partial charge in [0.2, 0.25) is 6.41 Å². The number of benzene rings is 1. The van der Waals surface area contributed by atoms with Gasteiger partial charge < -0.3 is 11.5 Å². The minimum absolute atomic E-state index is 0.108. The fourth-order valence-electron chi connectivity index (χ4n) is 3.40. The lowest BCUT2D eigenvalue weighted by atomic mass is 9.97. The highest BCUT2D eigenvalue weighted by Crippen LogP contribution is 2.43. The first-order valence-corrected chi connectivity index (χ1v) is 11.3. The predicted molar refractivity (Wildman–Crippen MR) is 120 cm³/mol. The van der Waals surface area contributed by atoms with Crippen LogP contribution in [0, 0.1) is 11.6 Å². The van der Waals surface area contributed by atoms with Crippen LogP contribution in [0.1, 0.15) is 30.3 Å². The molecule has 1 amide bonds. The van der Waals surface area contributed by atoms with Crippen LogP contribution < -0.4 is 16.6 Å². The summed E-state index contributed by atoms with van der Waals surface area (Å²) in [6.45, 7) is 2.34. The summed E-state index contributed by atoms with van der Waals surface area (Å²) in [5.41, 5.74) is 10.4. The summed E-state index contributed by atoms with van der Waals surface area (Å²) in [6, 6.07) is 4.81. The minimum Gasteiger partial charge on any atom is -0.398 e. The van der Waals surface area contributed by atoms with Crippen molar-refractivity contribution in [2.45, 2.75) is 43.9 Å². The number of halogens is 5. The van der Waals surface area contributed by atoms with Crippen molar-refractivity contribution in [2.24, 2.45) is 10.9 Å². The fourth-order valence-corrected chi connectivity index (χ4v) is 3.83. The number of amides is 1. The maximum Gasteiger partial charge on any atom is 0.434 e. The molecule has 35 heavy (non-hydrogen) atoms. The van der Waals surface area contributed by atoms with Gasteiger partial charge in [-0.3, -0.25) is 9.48 Å². The second kappa shape index (κ2) is 11.8. The van der Waals surface area contributed by atoms with Crippen LogP contribution in [-0.4, -0.2) is 25.4 Å². The van der Waals surface area contributed by atoms with E-state index in [4.69, 9.17) is 15.7 Å². The number of aromatic nitrogens is 3.